The highest BCUT2D eigenvalue weighted by molar-refractivity contribution is 7.91. The van der Waals surface area contributed by atoms with Gasteiger partial charge in [0.2, 0.25) is 9.84 Å². The zero-order chi connectivity index (χ0) is 19.0. The Hall–Kier alpha value is -3.19. The fraction of sp³-hybridized carbons (Fsp3) is 0.100. The first-order valence-corrected chi connectivity index (χ1v) is 9.77. The van der Waals surface area contributed by atoms with Crippen LogP contribution in [0.5, 0.6) is 5.75 Å². The molecule has 136 valence electrons. The Morgan fingerprint density at radius 1 is 0.963 bits per heavy atom. The molecule has 0 unspecified atom stereocenters. The fourth-order valence-electron chi connectivity index (χ4n) is 2.89. The Balaban J connectivity index is 1.87. The van der Waals surface area contributed by atoms with Crippen LogP contribution >= 0.6 is 0 Å². The lowest BCUT2D eigenvalue weighted by Crippen LogP contribution is -2.09. The summed E-state index contributed by atoms with van der Waals surface area (Å²) in [5, 5.41) is 0.0797. The monoisotopic (exact) mass is 379 g/mol. The summed E-state index contributed by atoms with van der Waals surface area (Å²) in [5.74, 6) is 0.733. The van der Waals surface area contributed by atoms with Crippen molar-refractivity contribution in [1.29, 1.82) is 0 Å². The van der Waals surface area contributed by atoms with Crippen molar-refractivity contribution in [2.75, 3.05) is 7.11 Å². The van der Waals surface area contributed by atoms with Gasteiger partial charge in [-0.15, -0.1) is 0 Å². The van der Waals surface area contributed by atoms with E-state index in [1.165, 1.54) is 6.20 Å². The van der Waals surface area contributed by atoms with Crippen LogP contribution in [0.15, 0.2) is 77.0 Å². The van der Waals surface area contributed by atoms with E-state index in [9.17, 15) is 8.42 Å². The maximum absolute atomic E-state index is 13.1. The van der Waals surface area contributed by atoms with Gasteiger partial charge in [0.1, 0.15) is 11.4 Å². The number of ether oxygens (including phenoxy) is 1. The van der Waals surface area contributed by atoms with Crippen molar-refractivity contribution in [3.05, 3.63) is 72.7 Å². The molecule has 6 nitrogen and oxygen atoms in total. The van der Waals surface area contributed by atoms with Gasteiger partial charge in [-0.1, -0.05) is 17.7 Å². The molecule has 0 bridgehead atoms. The number of imidazole rings is 1. The number of benzene rings is 2. The molecule has 0 amide bonds. The van der Waals surface area contributed by atoms with Crippen LogP contribution in [0.4, 0.5) is 0 Å². The number of methoxy groups -OCH3 is 1. The Bertz CT molecular complexity index is 1210. The van der Waals surface area contributed by atoms with Crippen molar-refractivity contribution >= 4 is 15.5 Å². The Labute approximate surface area is 157 Å². The molecule has 4 rings (SSSR count). The third-order valence-electron chi connectivity index (χ3n) is 4.36. The molecule has 0 spiro atoms. The van der Waals surface area contributed by atoms with Crippen LogP contribution in [-0.4, -0.2) is 29.9 Å². The number of nitrogens with zero attached hydrogens (tertiary/aromatic N) is 3. The number of aryl methyl sites for hydroxylation is 1. The average molecular weight is 379 g/mol. The minimum absolute atomic E-state index is 0.0797. The second-order valence-corrected chi connectivity index (χ2v) is 8.01. The van der Waals surface area contributed by atoms with Crippen LogP contribution in [0.1, 0.15) is 5.56 Å². The van der Waals surface area contributed by atoms with Gasteiger partial charge in [0.25, 0.3) is 0 Å². The van der Waals surface area contributed by atoms with Crippen molar-refractivity contribution in [2.24, 2.45) is 0 Å². The predicted octanol–water partition coefficient (Wildman–Crippen LogP) is 3.55. The topological polar surface area (TPSA) is 73.6 Å². The number of rotatable bonds is 4. The van der Waals surface area contributed by atoms with Gasteiger partial charge in [-0.25, -0.2) is 18.4 Å². The molecule has 0 saturated heterocycles. The van der Waals surface area contributed by atoms with Crippen LogP contribution in [0.3, 0.4) is 0 Å². The molecule has 0 fully saturated rings. The Morgan fingerprint density at radius 2 is 1.67 bits per heavy atom. The lowest BCUT2D eigenvalue weighted by Gasteiger charge is -2.10. The lowest BCUT2D eigenvalue weighted by molar-refractivity contribution is 0.415. The molecule has 0 N–H and O–H groups in total. The van der Waals surface area contributed by atoms with E-state index in [-0.39, 0.29) is 9.92 Å². The van der Waals surface area contributed by atoms with Crippen molar-refractivity contribution in [3.63, 3.8) is 0 Å². The molecule has 0 aliphatic rings. The van der Waals surface area contributed by atoms with E-state index < -0.39 is 9.84 Å². The van der Waals surface area contributed by atoms with Crippen molar-refractivity contribution in [1.82, 2.24) is 14.4 Å². The van der Waals surface area contributed by atoms with Crippen LogP contribution in [0, 0.1) is 6.92 Å². The molecule has 27 heavy (non-hydrogen) atoms. The zero-order valence-electron chi connectivity index (χ0n) is 14.8. The van der Waals surface area contributed by atoms with Crippen LogP contribution in [-0.2, 0) is 9.84 Å². The van der Waals surface area contributed by atoms with Gasteiger partial charge in [0, 0.05) is 18.0 Å². The normalized spacial score (nSPS) is 11.6. The molecule has 0 atom stereocenters. The predicted molar refractivity (Wildman–Crippen MR) is 102 cm³/mol. The summed E-state index contributed by atoms with van der Waals surface area (Å²) >= 11 is 0. The molecule has 0 radical (unpaired) electrons. The molecule has 2 aromatic carbocycles. The summed E-state index contributed by atoms with van der Waals surface area (Å²) in [6.07, 6.45) is 4.58. The lowest BCUT2D eigenvalue weighted by atomic mass is 10.1. The van der Waals surface area contributed by atoms with Gasteiger partial charge in [-0.2, -0.15) is 0 Å². The maximum atomic E-state index is 13.1. The van der Waals surface area contributed by atoms with Gasteiger partial charge in [-0.3, -0.25) is 4.40 Å². The number of sulfone groups is 1. The SMILES string of the molecule is COc1ccc(-c2ncc(S(=O)(=O)c3ccc(C)cc3)n3ccnc23)cc1. The first kappa shape index (κ1) is 17.2. The summed E-state index contributed by atoms with van der Waals surface area (Å²) in [4.78, 5) is 8.96. The molecule has 0 aliphatic carbocycles. The third kappa shape index (κ3) is 2.96. The fourth-order valence-corrected chi connectivity index (χ4v) is 4.22. The van der Waals surface area contributed by atoms with Gasteiger partial charge in [0.05, 0.1) is 18.2 Å². The average Bonchev–Trinajstić information content (AvgIpc) is 3.17. The van der Waals surface area contributed by atoms with Gasteiger partial charge in [-0.05, 0) is 43.3 Å². The van der Waals surface area contributed by atoms with Crippen molar-refractivity contribution < 1.29 is 13.2 Å². The summed E-state index contributed by atoms with van der Waals surface area (Å²) in [6, 6.07) is 14.1. The van der Waals surface area contributed by atoms with E-state index in [0.717, 1.165) is 16.9 Å². The molecule has 2 heterocycles. The van der Waals surface area contributed by atoms with Gasteiger partial charge >= 0.3 is 0 Å². The molecule has 7 heteroatoms. The second kappa shape index (κ2) is 6.51. The highest BCUT2D eigenvalue weighted by Crippen LogP contribution is 2.28. The summed E-state index contributed by atoms with van der Waals surface area (Å²) in [6.45, 7) is 1.91. The minimum atomic E-state index is -3.72. The van der Waals surface area contributed by atoms with E-state index in [4.69, 9.17) is 4.74 Å². The van der Waals surface area contributed by atoms with Crippen LogP contribution < -0.4 is 4.74 Å². The molecule has 4 aromatic rings. The number of fused-ring (bicyclic) bond motifs is 1. The highest BCUT2D eigenvalue weighted by atomic mass is 32.2. The first-order valence-electron chi connectivity index (χ1n) is 8.29. The summed E-state index contributed by atoms with van der Waals surface area (Å²) in [5.41, 5.74) is 2.90. The van der Waals surface area contributed by atoms with Crippen LogP contribution in [0.2, 0.25) is 0 Å². The van der Waals surface area contributed by atoms with E-state index in [1.807, 2.05) is 31.2 Å². The smallest absolute Gasteiger partial charge is 0.223 e. The van der Waals surface area contributed by atoms with E-state index in [1.54, 1.807) is 48.2 Å². The maximum Gasteiger partial charge on any atom is 0.223 e. The molecule has 0 aliphatic heterocycles. The van der Waals surface area contributed by atoms with Crippen LogP contribution in [0.25, 0.3) is 16.9 Å². The van der Waals surface area contributed by atoms with Gasteiger partial charge < -0.3 is 4.74 Å². The van der Waals surface area contributed by atoms with Crippen molar-refractivity contribution in [2.45, 2.75) is 16.8 Å². The molecule has 2 aromatic heterocycles. The first-order chi connectivity index (χ1) is 13.0. The number of hydrogen-bond donors (Lipinski definition) is 0. The Kier molecular flexibility index (Phi) is 4.16. The van der Waals surface area contributed by atoms with Crippen molar-refractivity contribution in [3.8, 4) is 17.0 Å². The number of hydrogen-bond acceptors (Lipinski definition) is 5. The Morgan fingerprint density at radius 3 is 2.33 bits per heavy atom. The third-order valence-corrected chi connectivity index (χ3v) is 6.11. The molecular formula is C20H17N3O3S. The van der Waals surface area contributed by atoms with E-state index in [0.29, 0.717) is 11.3 Å². The van der Waals surface area contributed by atoms with Gasteiger partial charge in [0.15, 0.2) is 10.7 Å². The zero-order valence-corrected chi connectivity index (χ0v) is 15.6. The molecule has 0 saturated carbocycles. The quantitative estimate of drug-likeness (QED) is 0.542. The molecular weight excluding hydrogens is 362 g/mol. The number of aromatic nitrogens is 3. The minimum Gasteiger partial charge on any atom is -0.497 e. The highest BCUT2D eigenvalue weighted by Gasteiger charge is 2.23. The summed E-state index contributed by atoms with van der Waals surface area (Å²) < 4.78 is 32.9. The standard InChI is InChI=1S/C20H17N3O3S/c1-14-3-9-17(10-4-14)27(24,25)18-13-22-19(20-21-11-12-23(18)20)15-5-7-16(26-2)8-6-15/h3-13H,1-2H3. The summed E-state index contributed by atoms with van der Waals surface area (Å²) in [7, 11) is -2.12. The second-order valence-electron chi connectivity index (χ2n) is 6.11. The largest absolute Gasteiger partial charge is 0.497 e. The van der Waals surface area contributed by atoms with E-state index in [2.05, 4.69) is 9.97 Å². The van der Waals surface area contributed by atoms with E-state index >= 15 is 0 Å².